The zero-order valence-corrected chi connectivity index (χ0v) is 19.2. The molecule has 0 saturated carbocycles. The fourth-order valence-corrected chi connectivity index (χ4v) is 4.06. The van der Waals surface area contributed by atoms with Gasteiger partial charge in [-0.2, -0.15) is 0 Å². The Morgan fingerprint density at radius 2 is 1.69 bits per heavy atom. The summed E-state index contributed by atoms with van der Waals surface area (Å²) in [5.41, 5.74) is 3.36. The molecule has 0 bridgehead atoms. The summed E-state index contributed by atoms with van der Waals surface area (Å²) < 4.78 is 7.10. The second-order valence-corrected chi connectivity index (χ2v) is 8.42. The largest absolute Gasteiger partial charge is 0.497 e. The number of ether oxygens (including phenoxy) is 1. The molecule has 3 aromatic carbocycles. The highest BCUT2D eigenvalue weighted by atomic mass is 35.5. The van der Waals surface area contributed by atoms with E-state index in [0.29, 0.717) is 22.0 Å². The minimum atomic E-state index is -0.157. The molecule has 0 aliphatic rings. The first-order valence-electron chi connectivity index (χ1n) is 9.86. The molecule has 0 radical (unpaired) electrons. The second kappa shape index (κ2) is 9.89. The fourth-order valence-electron chi connectivity index (χ4n) is 3.07. The van der Waals surface area contributed by atoms with Gasteiger partial charge >= 0.3 is 0 Å². The second-order valence-electron chi connectivity index (χ2n) is 7.04. The molecular formula is C24H21ClN4O2S. The summed E-state index contributed by atoms with van der Waals surface area (Å²) in [7, 11) is 3.55. The van der Waals surface area contributed by atoms with E-state index < -0.39 is 0 Å². The van der Waals surface area contributed by atoms with Gasteiger partial charge in [0.25, 0.3) is 5.91 Å². The van der Waals surface area contributed by atoms with Gasteiger partial charge in [0.2, 0.25) is 0 Å². The van der Waals surface area contributed by atoms with Crippen molar-refractivity contribution in [1.29, 1.82) is 0 Å². The molecule has 1 amide bonds. The van der Waals surface area contributed by atoms with E-state index in [1.165, 1.54) is 0 Å². The first-order valence-corrected chi connectivity index (χ1v) is 11.2. The maximum atomic E-state index is 12.5. The quantitative estimate of drug-likeness (QED) is 0.356. The number of nitrogens with zero attached hydrogens (tertiary/aromatic N) is 3. The summed E-state index contributed by atoms with van der Waals surface area (Å²) in [5, 5.41) is 13.0. The molecule has 0 unspecified atom stereocenters. The Bertz CT molecular complexity index is 1210. The van der Waals surface area contributed by atoms with Crippen LogP contribution in [-0.4, -0.2) is 27.8 Å². The number of methoxy groups -OCH3 is 1. The number of halogens is 1. The van der Waals surface area contributed by atoms with Crippen LogP contribution in [0.15, 0.2) is 78.0 Å². The summed E-state index contributed by atoms with van der Waals surface area (Å²) in [6.45, 7) is 0. The Hall–Kier alpha value is -3.29. The molecule has 0 atom stereocenters. The summed E-state index contributed by atoms with van der Waals surface area (Å²) in [6, 6.07) is 22.3. The van der Waals surface area contributed by atoms with Crippen molar-refractivity contribution in [3.8, 4) is 17.1 Å². The molecule has 4 aromatic rings. The van der Waals surface area contributed by atoms with Crippen LogP contribution in [0.2, 0.25) is 5.02 Å². The van der Waals surface area contributed by atoms with E-state index in [9.17, 15) is 4.79 Å². The Morgan fingerprint density at radius 3 is 2.34 bits per heavy atom. The molecule has 162 valence electrons. The average molecular weight is 465 g/mol. The number of rotatable bonds is 7. The van der Waals surface area contributed by atoms with Crippen molar-refractivity contribution in [3.63, 3.8) is 0 Å². The summed E-state index contributed by atoms with van der Waals surface area (Å²) in [4.78, 5) is 12.5. The van der Waals surface area contributed by atoms with Crippen LogP contribution >= 0.6 is 23.4 Å². The molecule has 1 heterocycles. The predicted molar refractivity (Wildman–Crippen MR) is 128 cm³/mol. The van der Waals surface area contributed by atoms with Crippen LogP contribution in [0.3, 0.4) is 0 Å². The topological polar surface area (TPSA) is 69.0 Å². The third kappa shape index (κ3) is 5.12. The highest BCUT2D eigenvalue weighted by molar-refractivity contribution is 7.98. The van der Waals surface area contributed by atoms with Crippen LogP contribution < -0.4 is 10.1 Å². The minimum absolute atomic E-state index is 0.157. The minimum Gasteiger partial charge on any atom is -0.497 e. The number of amides is 1. The van der Waals surface area contributed by atoms with Gasteiger partial charge in [-0.3, -0.25) is 4.79 Å². The van der Waals surface area contributed by atoms with Gasteiger partial charge in [0.1, 0.15) is 5.75 Å². The maximum Gasteiger partial charge on any atom is 0.255 e. The fraction of sp³-hybridized carbons (Fsp3) is 0.125. The van der Waals surface area contributed by atoms with Crippen molar-refractivity contribution in [2.24, 2.45) is 7.05 Å². The van der Waals surface area contributed by atoms with E-state index in [4.69, 9.17) is 16.3 Å². The van der Waals surface area contributed by atoms with Gasteiger partial charge in [0, 0.05) is 34.6 Å². The smallest absolute Gasteiger partial charge is 0.255 e. The predicted octanol–water partition coefficient (Wildman–Crippen LogP) is 5.69. The molecule has 32 heavy (non-hydrogen) atoms. The third-order valence-corrected chi connectivity index (χ3v) is 6.21. The van der Waals surface area contributed by atoms with E-state index in [1.54, 1.807) is 43.1 Å². The Morgan fingerprint density at radius 1 is 1.00 bits per heavy atom. The Kier molecular flexibility index (Phi) is 6.78. The van der Waals surface area contributed by atoms with Gasteiger partial charge < -0.3 is 14.6 Å². The van der Waals surface area contributed by atoms with Crippen molar-refractivity contribution in [2.75, 3.05) is 12.4 Å². The van der Waals surface area contributed by atoms with E-state index in [0.717, 1.165) is 27.9 Å². The van der Waals surface area contributed by atoms with Gasteiger partial charge in [-0.05, 0) is 66.2 Å². The van der Waals surface area contributed by atoms with Gasteiger partial charge in [0.05, 0.1) is 7.11 Å². The maximum absolute atomic E-state index is 12.5. The van der Waals surface area contributed by atoms with Crippen LogP contribution in [0, 0.1) is 0 Å². The number of thioether (sulfide) groups is 1. The molecule has 8 heteroatoms. The van der Waals surface area contributed by atoms with Crippen LogP contribution in [0.25, 0.3) is 11.4 Å². The molecule has 0 saturated heterocycles. The standard InChI is InChI=1S/C24H21ClN4O2S/c1-29-22(17-7-9-19(25)10-8-17)27-28-24(29)32-15-16-3-5-18(6-4-16)23(30)26-20-11-13-21(31-2)14-12-20/h3-14H,15H2,1-2H3,(H,26,30). The average Bonchev–Trinajstić information content (AvgIpc) is 3.19. The van der Waals surface area contributed by atoms with Crippen LogP contribution in [0.1, 0.15) is 15.9 Å². The first-order chi connectivity index (χ1) is 15.5. The number of carbonyl (C=O) groups is 1. The molecule has 6 nitrogen and oxygen atoms in total. The Balaban J connectivity index is 1.36. The SMILES string of the molecule is COc1ccc(NC(=O)c2ccc(CSc3nnc(-c4ccc(Cl)cc4)n3C)cc2)cc1. The molecule has 4 rings (SSSR count). The summed E-state index contributed by atoms with van der Waals surface area (Å²) in [5.74, 6) is 2.09. The zero-order chi connectivity index (χ0) is 22.5. The van der Waals surface area contributed by atoms with E-state index in [1.807, 2.05) is 60.1 Å². The lowest BCUT2D eigenvalue weighted by Gasteiger charge is -2.07. The lowest BCUT2D eigenvalue weighted by Crippen LogP contribution is -2.11. The lowest BCUT2D eigenvalue weighted by atomic mass is 10.1. The molecule has 1 aromatic heterocycles. The van der Waals surface area contributed by atoms with E-state index in [2.05, 4.69) is 15.5 Å². The van der Waals surface area contributed by atoms with E-state index >= 15 is 0 Å². The molecule has 0 fully saturated rings. The molecule has 0 aliphatic heterocycles. The van der Waals surface area contributed by atoms with Gasteiger partial charge in [-0.25, -0.2) is 0 Å². The van der Waals surface area contributed by atoms with Crippen LogP contribution in [-0.2, 0) is 12.8 Å². The molecule has 0 aliphatic carbocycles. The van der Waals surface area contributed by atoms with Crippen molar-refractivity contribution in [1.82, 2.24) is 14.8 Å². The number of aromatic nitrogens is 3. The first kappa shape index (κ1) is 21.9. The van der Waals surface area contributed by atoms with E-state index in [-0.39, 0.29) is 5.91 Å². The number of hydrogen-bond acceptors (Lipinski definition) is 5. The van der Waals surface area contributed by atoms with Gasteiger partial charge in [0.15, 0.2) is 11.0 Å². The van der Waals surface area contributed by atoms with Crippen molar-refractivity contribution in [2.45, 2.75) is 10.9 Å². The van der Waals surface area contributed by atoms with Crippen LogP contribution in [0.4, 0.5) is 5.69 Å². The molecule has 0 spiro atoms. The molecular weight excluding hydrogens is 444 g/mol. The highest BCUT2D eigenvalue weighted by Crippen LogP contribution is 2.26. The summed E-state index contributed by atoms with van der Waals surface area (Å²) >= 11 is 7.56. The number of anilines is 1. The van der Waals surface area contributed by atoms with Crippen molar-refractivity contribution < 1.29 is 9.53 Å². The van der Waals surface area contributed by atoms with Gasteiger partial charge in [-0.1, -0.05) is 35.5 Å². The lowest BCUT2D eigenvalue weighted by molar-refractivity contribution is 0.102. The van der Waals surface area contributed by atoms with Gasteiger partial charge in [-0.15, -0.1) is 10.2 Å². The summed E-state index contributed by atoms with van der Waals surface area (Å²) in [6.07, 6.45) is 0. The number of benzene rings is 3. The zero-order valence-electron chi connectivity index (χ0n) is 17.6. The molecule has 1 N–H and O–H groups in total. The Labute approximate surface area is 195 Å². The number of hydrogen-bond donors (Lipinski definition) is 1. The number of carbonyl (C=O) groups excluding carboxylic acids is 1. The number of nitrogens with one attached hydrogen (secondary N) is 1. The monoisotopic (exact) mass is 464 g/mol. The van der Waals surface area contributed by atoms with Crippen molar-refractivity contribution in [3.05, 3.63) is 88.9 Å². The van der Waals surface area contributed by atoms with Crippen molar-refractivity contribution >= 4 is 35.0 Å². The normalized spacial score (nSPS) is 10.7. The third-order valence-electron chi connectivity index (χ3n) is 4.87. The van der Waals surface area contributed by atoms with Crippen LogP contribution in [0.5, 0.6) is 5.75 Å². The highest BCUT2D eigenvalue weighted by Gasteiger charge is 2.12.